The fourth-order valence-electron chi connectivity index (χ4n) is 1.61. The number of rotatable bonds is 5. The average molecular weight is 330 g/mol. The minimum absolute atomic E-state index is 0.0202. The Morgan fingerprint density at radius 1 is 1.10 bits per heavy atom. The van der Waals surface area contributed by atoms with Gasteiger partial charge in [-0.2, -0.15) is 0 Å². The Labute approximate surface area is 128 Å². The minimum Gasteiger partial charge on any atom is -0.326 e. The Bertz CT molecular complexity index is 687. The van der Waals surface area contributed by atoms with Gasteiger partial charge in [-0.1, -0.05) is 11.6 Å². The summed E-state index contributed by atoms with van der Waals surface area (Å²) in [5.41, 5.74) is 0.144. The van der Waals surface area contributed by atoms with Gasteiger partial charge in [-0.3, -0.25) is 9.59 Å². The van der Waals surface area contributed by atoms with Gasteiger partial charge in [0.05, 0.1) is 9.21 Å². The molecule has 1 amide bonds. The van der Waals surface area contributed by atoms with Gasteiger partial charge in [-0.05, 0) is 24.3 Å². The first-order valence-electron chi connectivity index (χ1n) is 5.99. The van der Waals surface area contributed by atoms with Gasteiger partial charge < -0.3 is 5.32 Å². The van der Waals surface area contributed by atoms with Crippen molar-refractivity contribution in [3.05, 3.63) is 51.2 Å². The third-order valence-corrected chi connectivity index (χ3v) is 3.90. The van der Waals surface area contributed by atoms with Crippen LogP contribution in [-0.4, -0.2) is 11.7 Å². The SMILES string of the molecule is O=C(CCC(=O)c1ccc(Cl)s1)Nc1ccc(F)c(F)c1. The number of hydrogen-bond donors (Lipinski definition) is 1. The first kappa shape index (κ1) is 15.6. The molecular formula is C14H10ClF2NO2S. The zero-order valence-electron chi connectivity index (χ0n) is 10.7. The van der Waals surface area contributed by atoms with E-state index >= 15 is 0 Å². The number of halogens is 3. The molecule has 1 aromatic heterocycles. The standard InChI is InChI=1S/C14H10ClF2NO2S/c15-13-5-4-12(21-13)11(19)3-6-14(20)18-8-1-2-9(16)10(17)7-8/h1-2,4-5,7H,3,6H2,(H,18,20). The maximum Gasteiger partial charge on any atom is 0.224 e. The fraction of sp³-hybridized carbons (Fsp3) is 0.143. The minimum atomic E-state index is -1.04. The molecule has 0 saturated carbocycles. The largest absolute Gasteiger partial charge is 0.326 e. The number of ketones is 1. The van der Waals surface area contributed by atoms with Crippen LogP contribution in [0.3, 0.4) is 0 Å². The number of amides is 1. The maximum absolute atomic E-state index is 13.0. The Balaban J connectivity index is 1.87. The molecule has 110 valence electrons. The molecule has 0 bridgehead atoms. The number of thiophene rings is 1. The molecule has 1 aromatic carbocycles. The predicted octanol–water partition coefficient (Wildman–Crippen LogP) is 4.28. The molecule has 2 aromatic rings. The molecule has 0 unspecified atom stereocenters. The summed E-state index contributed by atoms with van der Waals surface area (Å²) in [5, 5.41) is 2.40. The lowest BCUT2D eigenvalue weighted by Gasteiger charge is -2.05. The van der Waals surface area contributed by atoms with Gasteiger partial charge in [0, 0.05) is 24.6 Å². The van der Waals surface area contributed by atoms with Gasteiger partial charge >= 0.3 is 0 Å². The molecule has 0 atom stereocenters. The second-order valence-electron chi connectivity index (χ2n) is 4.20. The molecule has 21 heavy (non-hydrogen) atoms. The number of carbonyl (C=O) groups excluding carboxylic acids is 2. The normalized spacial score (nSPS) is 10.4. The van der Waals surface area contributed by atoms with E-state index in [1.165, 1.54) is 6.07 Å². The highest BCUT2D eigenvalue weighted by atomic mass is 35.5. The molecule has 1 heterocycles. The van der Waals surface area contributed by atoms with Crippen LogP contribution in [0, 0.1) is 11.6 Å². The van der Waals surface area contributed by atoms with E-state index in [0.29, 0.717) is 9.21 Å². The molecule has 0 aliphatic rings. The van der Waals surface area contributed by atoms with Gasteiger partial charge in [-0.15, -0.1) is 11.3 Å². The highest BCUT2D eigenvalue weighted by Gasteiger charge is 2.12. The quantitative estimate of drug-likeness (QED) is 0.832. The van der Waals surface area contributed by atoms with E-state index in [0.717, 1.165) is 23.5 Å². The highest BCUT2D eigenvalue weighted by molar-refractivity contribution is 7.18. The predicted molar refractivity (Wildman–Crippen MR) is 77.9 cm³/mol. The van der Waals surface area contributed by atoms with E-state index in [4.69, 9.17) is 11.6 Å². The van der Waals surface area contributed by atoms with Crippen LogP contribution in [0.2, 0.25) is 4.34 Å². The summed E-state index contributed by atoms with van der Waals surface area (Å²) in [6, 6.07) is 6.26. The van der Waals surface area contributed by atoms with E-state index in [1.54, 1.807) is 12.1 Å². The Kier molecular flexibility index (Phi) is 5.03. The molecule has 3 nitrogen and oxygen atoms in total. The van der Waals surface area contributed by atoms with Crippen molar-refractivity contribution in [3.8, 4) is 0 Å². The molecule has 0 saturated heterocycles. The summed E-state index contributed by atoms with van der Waals surface area (Å²) >= 11 is 6.87. The Morgan fingerprint density at radius 2 is 1.86 bits per heavy atom. The molecule has 0 aliphatic carbocycles. The second kappa shape index (κ2) is 6.78. The molecular weight excluding hydrogens is 320 g/mol. The molecule has 7 heteroatoms. The fourth-order valence-corrected chi connectivity index (χ4v) is 2.62. The summed E-state index contributed by atoms with van der Waals surface area (Å²) in [6.45, 7) is 0. The van der Waals surface area contributed by atoms with Crippen molar-refractivity contribution in [2.24, 2.45) is 0 Å². The molecule has 0 fully saturated rings. The van der Waals surface area contributed by atoms with Crippen molar-refractivity contribution in [2.45, 2.75) is 12.8 Å². The van der Waals surface area contributed by atoms with Crippen LogP contribution in [-0.2, 0) is 4.79 Å². The lowest BCUT2D eigenvalue weighted by atomic mass is 10.2. The van der Waals surface area contributed by atoms with Crippen molar-refractivity contribution in [1.29, 1.82) is 0 Å². The molecule has 0 aliphatic heterocycles. The average Bonchev–Trinajstić information content (AvgIpc) is 2.87. The van der Waals surface area contributed by atoms with Crippen LogP contribution in [0.5, 0.6) is 0 Å². The van der Waals surface area contributed by atoms with Crippen molar-refractivity contribution >= 4 is 40.3 Å². The van der Waals surface area contributed by atoms with Crippen LogP contribution in [0.25, 0.3) is 0 Å². The zero-order chi connectivity index (χ0) is 15.4. The van der Waals surface area contributed by atoms with Gasteiger partial charge in [-0.25, -0.2) is 8.78 Å². The number of anilines is 1. The van der Waals surface area contributed by atoms with Crippen LogP contribution in [0.1, 0.15) is 22.5 Å². The van der Waals surface area contributed by atoms with Gasteiger partial charge in [0.15, 0.2) is 17.4 Å². The molecule has 0 radical (unpaired) electrons. The number of carbonyl (C=O) groups is 2. The van der Waals surface area contributed by atoms with Crippen LogP contribution >= 0.6 is 22.9 Å². The summed E-state index contributed by atoms with van der Waals surface area (Å²) in [5.74, 6) is -2.67. The summed E-state index contributed by atoms with van der Waals surface area (Å²) in [7, 11) is 0. The Morgan fingerprint density at radius 3 is 2.48 bits per heavy atom. The summed E-state index contributed by atoms with van der Waals surface area (Å²) in [4.78, 5) is 23.9. The smallest absolute Gasteiger partial charge is 0.224 e. The third-order valence-electron chi connectivity index (χ3n) is 2.63. The first-order chi connectivity index (χ1) is 9.95. The van der Waals surface area contributed by atoms with E-state index in [9.17, 15) is 18.4 Å². The van der Waals surface area contributed by atoms with Crippen LogP contribution < -0.4 is 5.32 Å². The van der Waals surface area contributed by atoms with Crippen molar-refractivity contribution in [2.75, 3.05) is 5.32 Å². The van der Waals surface area contributed by atoms with E-state index in [-0.39, 0.29) is 24.3 Å². The maximum atomic E-state index is 13.0. The molecule has 0 spiro atoms. The number of Topliss-reactive ketones (excluding diaryl/α,β-unsaturated/α-hetero) is 1. The van der Waals surface area contributed by atoms with Crippen LogP contribution in [0.4, 0.5) is 14.5 Å². The van der Waals surface area contributed by atoms with E-state index < -0.39 is 17.5 Å². The van der Waals surface area contributed by atoms with Crippen molar-refractivity contribution in [1.82, 2.24) is 0 Å². The van der Waals surface area contributed by atoms with Crippen LogP contribution in [0.15, 0.2) is 30.3 Å². The second-order valence-corrected chi connectivity index (χ2v) is 5.92. The summed E-state index contributed by atoms with van der Waals surface area (Å²) in [6.07, 6.45) is -0.0281. The molecule has 1 N–H and O–H groups in total. The van der Waals surface area contributed by atoms with E-state index in [2.05, 4.69) is 5.32 Å². The van der Waals surface area contributed by atoms with Crippen molar-refractivity contribution < 1.29 is 18.4 Å². The summed E-state index contributed by atoms with van der Waals surface area (Å²) < 4.78 is 26.2. The number of hydrogen-bond acceptors (Lipinski definition) is 3. The lowest BCUT2D eigenvalue weighted by Crippen LogP contribution is -2.13. The van der Waals surface area contributed by atoms with Gasteiger partial charge in [0.25, 0.3) is 0 Å². The topological polar surface area (TPSA) is 46.2 Å². The Hall–Kier alpha value is -1.79. The first-order valence-corrected chi connectivity index (χ1v) is 7.18. The number of nitrogens with one attached hydrogen (secondary N) is 1. The monoisotopic (exact) mass is 329 g/mol. The van der Waals surface area contributed by atoms with Gasteiger partial charge in [0.1, 0.15) is 0 Å². The van der Waals surface area contributed by atoms with E-state index in [1.807, 2.05) is 0 Å². The van der Waals surface area contributed by atoms with Gasteiger partial charge in [0.2, 0.25) is 5.91 Å². The van der Waals surface area contributed by atoms with Crippen molar-refractivity contribution in [3.63, 3.8) is 0 Å². The zero-order valence-corrected chi connectivity index (χ0v) is 12.2. The third kappa shape index (κ3) is 4.34. The lowest BCUT2D eigenvalue weighted by molar-refractivity contribution is -0.116. The molecule has 2 rings (SSSR count). The highest BCUT2D eigenvalue weighted by Crippen LogP contribution is 2.23. The number of benzene rings is 1.